The van der Waals surface area contributed by atoms with Gasteiger partial charge < -0.3 is 15.4 Å². The van der Waals surface area contributed by atoms with Gasteiger partial charge >= 0.3 is 0 Å². The fraction of sp³-hybridized carbons (Fsp3) is 0.778. The molecule has 24 heavy (non-hydrogen) atoms. The highest BCUT2D eigenvalue weighted by atomic mass is 32.1. The van der Waals surface area contributed by atoms with Gasteiger partial charge in [-0.15, -0.1) is 11.3 Å². The highest BCUT2D eigenvalue weighted by molar-refractivity contribution is 7.09. The summed E-state index contributed by atoms with van der Waals surface area (Å²) >= 11 is 1.74. The molecule has 0 bridgehead atoms. The summed E-state index contributed by atoms with van der Waals surface area (Å²) in [6.45, 7) is 10.1. The fourth-order valence-electron chi connectivity index (χ4n) is 2.19. The van der Waals surface area contributed by atoms with Gasteiger partial charge in [-0.25, -0.2) is 4.98 Å². The number of thiazole rings is 1. The summed E-state index contributed by atoms with van der Waals surface area (Å²) in [5, 5.41) is 10.0. The first-order valence-electron chi connectivity index (χ1n) is 8.96. The number of rotatable bonds is 9. The Morgan fingerprint density at radius 2 is 2.08 bits per heavy atom. The smallest absolute Gasteiger partial charge is 0.190 e. The van der Waals surface area contributed by atoms with E-state index >= 15 is 0 Å². The van der Waals surface area contributed by atoms with Crippen LogP contribution in [0.4, 0.5) is 0 Å². The zero-order valence-corrected chi connectivity index (χ0v) is 16.3. The topological polar surface area (TPSA) is 58.5 Å². The minimum absolute atomic E-state index is 0.126. The number of hydrogen-bond donors (Lipinski definition) is 2. The van der Waals surface area contributed by atoms with Gasteiger partial charge in [-0.1, -0.05) is 20.8 Å². The molecule has 1 heterocycles. The van der Waals surface area contributed by atoms with Crippen molar-refractivity contribution in [3.05, 3.63) is 16.1 Å². The second-order valence-electron chi connectivity index (χ2n) is 7.42. The Balaban J connectivity index is 1.56. The molecular formula is C18H32N4OS. The van der Waals surface area contributed by atoms with Gasteiger partial charge in [0.2, 0.25) is 0 Å². The molecule has 2 rings (SSSR count). The molecule has 0 aliphatic heterocycles. The third kappa shape index (κ3) is 7.18. The van der Waals surface area contributed by atoms with Gasteiger partial charge in [0.25, 0.3) is 0 Å². The summed E-state index contributed by atoms with van der Waals surface area (Å²) in [5.41, 5.74) is 1.30. The second-order valence-corrected chi connectivity index (χ2v) is 8.37. The predicted octanol–water partition coefficient (Wildman–Crippen LogP) is 2.96. The first-order chi connectivity index (χ1) is 11.5. The zero-order valence-electron chi connectivity index (χ0n) is 15.5. The molecule has 0 radical (unpaired) electrons. The van der Waals surface area contributed by atoms with E-state index in [4.69, 9.17) is 9.72 Å². The molecule has 0 aromatic carbocycles. The normalized spacial score (nSPS) is 15.6. The summed E-state index contributed by atoms with van der Waals surface area (Å²) in [4.78, 5) is 8.98. The van der Waals surface area contributed by atoms with E-state index in [9.17, 15) is 0 Å². The Bertz CT molecular complexity index is 517. The lowest BCUT2D eigenvalue weighted by Crippen LogP contribution is -2.39. The van der Waals surface area contributed by atoms with Crippen LogP contribution in [0.3, 0.4) is 0 Å². The number of aliphatic imine (C=N–C) groups is 1. The van der Waals surface area contributed by atoms with Crippen molar-refractivity contribution in [3.63, 3.8) is 0 Å². The summed E-state index contributed by atoms with van der Waals surface area (Å²) in [5.74, 6) is 1.70. The van der Waals surface area contributed by atoms with Crippen LogP contribution in [0.5, 0.6) is 0 Å². The molecule has 0 amide bonds. The number of aromatic nitrogens is 1. The molecule has 1 saturated carbocycles. The maximum absolute atomic E-state index is 5.63. The van der Waals surface area contributed by atoms with Gasteiger partial charge in [0, 0.05) is 50.6 Å². The van der Waals surface area contributed by atoms with Gasteiger partial charge in [0.15, 0.2) is 5.96 Å². The van der Waals surface area contributed by atoms with E-state index in [0.29, 0.717) is 0 Å². The minimum Gasteiger partial charge on any atom is -0.381 e. The number of ether oxygens (including phenoxy) is 1. The molecule has 1 aliphatic rings. The second kappa shape index (κ2) is 9.37. The van der Waals surface area contributed by atoms with Gasteiger partial charge in [0.05, 0.1) is 10.7 Å². The van der Waals surface area contributed by atoms with Crippen molar-refractivity contribution in [3.8, 4) is 0 Å². The Morgan fingerprint density at radius 3 is 2.71 bits per heavy atom. The molecule has 0 saturated heterocycles. The predicted molar refractivity (Wildman–Crippen MR) is 102 cm³/mol. The Hall–Kier alpha value is -1.14. The quantitative estimate of drug-likeness (QED) is 0.407. The highest BCUT2D eigenvalue weighted by Crippen LogP contribution is 2.28. The molecule has 1 aliphatic carbocycles. The lowest BCUT2D eigenvalue weighted by molar-refractivity contribution is 0.123. The van der Waals surface area contributed by atoms with Gasteiger partial charge in [-0.3, -0.25) is 4.99 Å². The molecule has 0 spiro atoms. The monoisotopic (exact) mass is 352 g/mol. The Morgan fingerprint density at radius 1 is 1.33 bits per heavy atom. The van der Waals surface area contributed by atoms with E-state index in [2.05, 4.69) is 41.8 Å². The summed E-state index contributed by atoms with van der Waals surface area (Å²) in [6, 6.07) is 0. The van der Waals surface area contributed by atoms with Crippen molar-refractivity contribution in [2.75, 3.05) is 33.4 Å². The summed E-state index contributed by atoms with van der Waals surface area (Å²) in [7, 11) is 1.81. The average Bonchev–Trinajstić information content (AvgIpc) is 3.23. The molecular weight excluding hydrogens is 320 g/mol. The van der Waals surface area contributed by atoms with E-state index < -0.39 is 0 Å². The van der Waals surface area contributed by atoms with Crippen molar-refractivity contribution < 1.29 is 4.74 Å². The standard InChI is InChI=1S/C18H32N4OS/c1-18(2,3)15-13-24-16(22-15)8-10-21-17(19-4)20-9-5-11-23-12-14-6-7-14/h13-14H,5-12H2,1-4H3,(H2,19,20,21). The largest absolute Gasteiger partial charge is 0.381 e. The summed E-state index contributed by atoms with van der Waals surface area (Å²) < 4.78 is 5.63. The van der Waals surface area contributed by atoms with Gasteiger partial charge in [-0.05, 0) is 25.2 Å². The van der Waals surface area contributed by atoms with Crippen LogP contribution in [-0.4, -0.2) is 44.3 Å². The first kappa shape index (κ1) is 19.2. The minimum atomic E-state index is 0.126. The van der Waals surface area contributed by atoms with Crippen LogP contribution < -0.4 is 10.6 Å². The van der Waals surface area contributed by atoms with Crippen molar-refractivity contribution in [2.45, 2.75) is 51.9 Å². The van der Waals surface area contributed by atoms with Crippen molar-refractivity contribution in [1.29, 1.82) is 0 Å². The van der Waals surface area contributed by atoms with Crippen LogP contribution in [0.25, 0.3) is 0 Å². The van der Waals surface area contributed by atoms with Crippen LogP contribution in [0.2, 0.25) is 0 Å². The molecule has 5 nitrogen and oxygen atoms in total. The summed E-state index contributed by atoms with van der Waals surface area (Å²) in [6.07, 6.45) is 4.64. The maximum atomic E-state index is 5.63. The van der Waals surface area contributed by atoms with E-state index in [-0.39, 0.29) is 5.41 Å². The van der Waals surface area contributed by atoms with Crippen molar-refractivity contribution >= 4 is 17.3 Å². The molecule has 136 valence electrons. The number of nitrogens with one attached hydrogen (secondary N) is 2. The molecule has 1 fully saturated rings. The molecule has 1 aromatic rings. The van der Waals surface area contributed by atoms with Gasteiger partial charge in [-0.2, -0.15) is 0 Å². The van der Waals surface area contributed by atoms with Gasteiger partial charge in [0.1, 0.15) is 0 Å². The first-order valence-corrected chi connectivity index (χ1v) is 9.84. The molecule has 0 atom stereocenters. The van der Waals surface area contributed by atoms with Crippen molar-refractivity contribution in [1.82, 2.24) is 15.6 Å². The third-order valence-corrected chi connectivity index (χ3v) is 4.89. The Kier molecular flexibility index (Phi) is 7.49. The van der Waals surface area contributed by atoms with E-state index in [1.165, 1.54) is 23.5 Å². The average molecular weight is 353 g/mol. The SMILES string of the molecule is CN=C(NCCCOCC1CC1)NCCc1nc(C(C)(C)C)cs1. The van der Waals surface area contributed by atoms with Crippen LogP contribution in [0.1, 0.15) is 50.7 Å². The molecule has 2 N–H and O–H groups in total. The van der Waals surface area contributed by atoms with E-state index in [0.717, 1.165) is 51.0 Å². The maximum Gasteiger partial charge on any atom is 0.190 e. The van der Waals surface area contributed by atoms with Crippen LogP contribution in [0, 0.1) is 5.92 Å². The molecule has 1 aromatic heterocycles. The van der Waals surface area contributed by atoms with Crippen LogP contribution in [-0.2, 0) is 16.6 Å². The highest BCUT2D eigenvalue weighted by Gasteiger charge is 2.20. The fourth-order valence-corrected chi connectivity index (χ4v) is 3.22. The number of hydrogen-bond acceptors (Lipinski definition) is 4. The van der Waals surface area contributed by atoms with E-state index in [1.807, 2.05) is 0 Å². The van der Waals surface area contributed by atoms with Crippen LogP contribution in [0.15, 0.2) is 10.4 Å². The lowest BCUT2D eigenvalue weighted by Gasteiger charge is -2.14. The van der Waals surface area contributed by atoms with Crippen molar-refractivity contribution in [2.24, 2.45) is 10.9 Å². The van der Waals surface area contributed by atoms with Crippen LogP contribution >= 0.6 is 11.3 Å². The zero-order chi connectivity index (χ0) is 17.4. The number of guanidine groups is 1. The third-order valence-electron chi connectivity index (χ3n) is 3.98. The number of nitrogens with zero attached hydrogens (tertiary/aromatic N) is 2. The molecule has 0 unspecified atom stereocenters. The van der Waals surface area contributed by atoms with E-state index in [1.54, 1.807) is 18.4 Å². The molecule has 6 heteroatoms. The Labute approximate surface area is 150 Å². The lowest BCUT2D eigenvalue weighted by atomic mass is 9.93.